The molecule has 2 fully saturated rings. The minimum absolute atomic E-state index is 0.0484. The lowest BCUT2D eigenvalue weighted by Gasteiger charge is -2.42. The average Bonchev–Trinajstić information content (AvgIpc) is 3.37. The molecule has 1 saturated heterocycles. The van der Waals surface area contributed by atoms with Crippen LogP contribution >= 0.6 is 0 Å². The van der Waals surface area contributed by atoms with Crippen molar-refractivity contribution in [2.45, 2.75) is 57.0 Å². The molecule has 1 aromatic heterocycles. The SMILES string of the molecule is O=C(NC1(CN2CCCC2)CCCCC1)N(CCO)Cc1ccco1.O=CO. The maximum absolute atomic E-state index is 13.0. The Balaban J connectivity index is 0.000000878. The van der Waals surface area contributed by atoms with E-state index >= 15 is 0 Å². The zero-order valence-electron chi connectivity index (χ0n) is 16.5. The van der Waals surface area contributed by atoms with E-state index in [1.807, 2.05) is 12.1 Å². The summed E-state index contributed by atoms with van der Waals surface area (Å²) < 4.78 is 5.37. The molecule has 2 aliphatic rings. The van der Waals surface area contributed by atoms with Crippen molar-refractivity contribution >= 4 is 12.5 Å². The van der Waals surface area contributed by atoms with E-state index < -0.39 is 0 Å². The van der Waals surface area contributed by atoms with Crippen LogP contribution < -0.4 is 5.32 Å². The van der Waals surface area contributed by atoms with Gasteiger partial charge in [0.1, 0.15) is 5.76 Å². The van der Waals surface area contributed by atoms with Gasteiger partial charge in [-0.3, -0.25) is 4.79 Å². The smallest absolute Gasteiger partial charge is 0.318 e. The number of nitrogens with one attached hydrogen (secondary N) is 1. The summed E-state index contributed by atoms with van der Waals surface area (Å²) in [6.07, 6.45) is 9.83. The summed E-state index contributed by atoms with van der Waals surface area (Å²) in [7, 11) is 0. The lowest BCUT2D eigenvalue weighted by atomic mass is 9.81. The topological polar surface area (TPSA) is 106 Å². The molecule has 3 N–H and O–H groups in total. The quantitative estimate of drug-likeness (QED) is 0.612. The summed E-state index contributed by atoms with van der Waals surface area (Å²) in [6, 6.07) is 3.59. The van der Waals surface area contributed by atoms with E-state index in [9.17, 15) is 9.90 Å². The number of nitrogens with zero attached hydrogens (tertiary/aromatic N) is 2. The first-order chi connectivity index (χ1) is 13.6. The normalized spacial score (nSPS) is 18.8. The van der Waals surface area contributed by atoms with E-state index in [1.165, 1.54) is 32.1 Å². The lowest BCUT2D eigenvalue weighted by molar-refractivity contribution is -0.122. The molecule has 3 rings (SSSR count). The molecule has 1 aromatic rings. The van der Waals surface area contributed by atoms with Gasteiger partial charge in [-0.25, -0.2) is 4.79 Å². The van der Waals surface area contributed by atoms with Gasteiger partial charge in [-0.2, -0.15) is 0 Å². The first-order valence-electron chi connectivity index (χ1n) is 10.1. The number of likely N-dealkylation sites (tertiary alicyclic amines) is 1. The Kier molecular flexibility index (Phi) is 9.30. The van der Waals surface area contributed by atoms with Crippen LogP contribution in [-0.4, -0.2) is 70.8 Å². The van der Waals surface area contributed by atoms with Gasteiger partial charge in [0.25, 0.3) is 6.47 Å². The molecule has 0 aromatic carbocycles. The first kappa shape index (κ1) is 22.2. The van der Waals surface area contributed by atoms with Gasteiger partial charge in [-0.15, -0.1) is 0 Å². The van der Waals surface area contributed by atoms with Gasteiger partial charge in [0.05, 0.1) is 25.0 Å². The van der Waals surface area contributed by atoms with Crippen molar-refractivity contribution in [3.63, 3.8) is 0 Å². The predicted octanol–water partition coefficient (Wildman–Crippen LogP) is 2.28. The van der Waals surface area contributed by atoms with Crippen LogP contribution in [0.3, 0.4) is 0 Å². The van der Waals surface area contributed by atoms with Gasteiger partial charge in [-0.05, 0) is 50.9 Å². The van der Waals surface area contributed by atoms with Crippen LogP contribution in [0.4, 0.5) is 4.79 Å². The maximum Gasteiger partial charge on any atom is 0.318 e. The fourth-order valence-corrected chi connectivity index (χ4v) is 4.19. The molecule has 158 valence electrons. The van der Waals surface area contributed by atoms with Crippen LogP contribution in [-0.2, 0) is 11.3 Å². The molecule has 1 saturated carbocycles. The van der Waals surface area contributed by atoms with Crippen molar-refractivity contribution in [1.82, 2.24) is 15.1 Å². The number of carbonyl (C=O) groups excluding carboxylic acids is 1. The van der Waals surface area contributed by atoms with Crippen molar-refractivity contribution in [2.24, 2.45) is 0 Å². The molecule has 1 aliphatic carbocycles. The van der Waals surface area contributed by atoms with Gasteiger partial charge in [-0.1, -0.05) is 19.3 Å². The van der Waals surface area contributed by atoms with Crippen molar-refractivity contribution in [3.8, 4) is 0 Å². The first-order valence-corrected chi connectivity index (χ1v) is 10.1. The van der Waals surface area contributed by atoms with Crippen molar-refractivity contribution in [1.29, 1.82) is 0 Å². The minimum Gasteiger partial charge on any atom is -0.483 e. The summed E-state index contributed by atoms with van der Waals surface area (Å²) in [5, 5.41) is 19.6. The fraction of sp³-hybridized carbons (Fsp3) is 0.700. The van der Waals surface area contributed by atoms with Gasteiger partial charge in [0.15, 0.2) is 0 Å². The van der Waals surface area contributed by atoms with Gasteiger partial charge < -0.3 is 29.7 Å². The average molecular weight is 396 g/mol. The fourth-order valence-electron chi connectivity index (χ4n) is 4.19. The van der Waals surface area contributed by atoms with Crippen molar-refractivity contribution in [3.05, 3.63) is 24.2 Å². The Hall–Kier alpha value is -2.06. The molecule has 28 heavy (non-hydrogen) atoms. The third kappa shape index (κ3) is 6.83. The van der Waals surface area contributed by atoms with E-state index in [0.29, 0.717) is 13.1 Å². The highest BCUT2D eigenvalue weighted by Crippen LogP contribution is 2.30. The number of aliphatic hydroxyl groups is 1. The van der Waals surface area contributed by atoms with E-state index in [4.69, 9.17) is 14.3 Å². The number of hydrogen-bond donors (Lipinski definition) is 3. The number of carbonyl (C=O) groups is 2. The van der Waals surface area contributed by atoms with Crippen LogP contribution in [0.15, 0.2) is 22.8 Å². The minimum atomic E-state index is -0.250. The van der Waals surface area contributed by atoms with E-state index in [1.54, 1.807) is 11.2 Å². The van der Waals surface area contributed by atoms with Crippen LogP contribution in [0.5, 0.6) is 0 Å². The summed E-state index contributed by atoms with van der Waals surface area (Å²) in [5.41, 5.74) is -0.128. The second-order valence-electron chi connectivity index (χ2n) is 7.58. The van der Waals surface area contributed by atoms with Crippen LogP contribution in [0, 0.1) is 0 Å². The molecule has 0 radical (unpaired) electrons. The lowest BCUT2D eigenvalue weighted by Crippen LogP contribution is -2.59. The van der Waals surface area contributed by atoms with Crippen LogP contribution in [0.2, 0.25) is 0 Å². The monoisotopic (exact) mass is 395 g/mol. The Bertz CT molecular complexity index is 566. The third-order valence-electron chi connectivity index (χ3n) is 5.49. The van der Waals surface area contributed by atoms with E-state index in [0.717, 1.165) is 38.2 Å². The molecule has 2 heterocycles. The highest BCUT2D eigenvalue weighted by molar-refractivity contribution is 5.75. The Morgan fingerprint density at radius 2 is 1.93 bits per heavy atom. The molecule has 0 atom stereocenters. The Morgan fingerprint density at radius 3 is 2.50 bits per heavy atom. The van der Waals surface area contributed by atoms with Crippen molar-refractivity contribution < 1.29 is 24.2 Å². The van der Waals surface area contributed by atoms with Gasteiger partial charge in [0.2, 0.25) is 0 Å². The van der Waals surface area contributed by atoms with E-state index in [-0.39, 0.29) is 24.6 Å². The number of urea groups is 1. The van der Waals surface area contributed by atoms with Crippen molar-refractivity contribution in [2.75, 3.05) is 32.8 Å². The Morgan fingerprint density at radius 1 is 1.25 bits per heavy atom. The zero-order chi connectivity index (χ0) is 20.2. The number of aliphatic hydroxyl groups excluding tert-OH is 1. The summed E-state index contributed by atoms with van der Waals surface area (Å²) in [5.74, 6) is 0.737. The number of hydrogen-bond acceptors (Lipinski definition) is 5. The number of rotatable bonds is 7. The standard InChI is InChI=1S/C19H31N3O3.CH2O2/c23-13-12-22(15-17-7-6-14-25-17)18(24)20-19(8-2-1-3-9-19)16-21-10-4-5-11-21;2-1-3/h6-7,14,23H,1-5,8-13,15-16H2,(H,20,24);1H,(H,2,3). The summed E-state index contributed by atoms with van der Waals surface area (Å²) in [6.45, 7) is 3.64. The highest BCUT2D eigenvalue weighted by Gasteiger charge is 2.37. The maximum atomic E-state index is 13.0. The van der Waals surface area contributed by atoms with Gasteiger partial charge in [0, 0.05) is 13.1 Å². The van der Waals surface area contributed by atoms with Gasteiger partial charge >= 0.3 is 6.03 Å². The molecular formula is C20H33N3O5. The van der Waals surface area contributed by atoms with E-state index in [2.05, 4.69) is 10.2 Å². The molecule has 2 amide bonds. The van der Waals surface area contributed by atoms with Crippen LogP contribution in [0.1, 0.15) is 50.7 Å². The molecule has 1 aliphatic heterocycles. The molecule has 0 unspecified atom stereocenters. The van der Waals surface area contributed by atoms with Crippen LogP contribution in [0.25, 0.3) is 0 Å². The summed E-state index contributed by atoms with van der Waals surface area (Å²) >= 11 is 0. The molecular weight excluding hydrogens is 362 g/mol. The Labute approximate surface area is 166 Å². The number of amides is 2. The predicted molar refractivity (Wildman–Crippen MR) is 105 cm³/mol. The second-order valence-corrected chi connectivity index (χ2v) is 7.58. The third-order valence-corrected chi connectivity index (χ3v) is 5.49. The summed E-state index contributed by atoms with van der Waals surface area (Å²) in [4.78, 5) is 25.5. The second kappa shape index (κ2) is 11.7. The molecule has 8 nitrogen and oxygen atoms in total. The molecule has 8 heteroatoms. The largest absolute Gasteiger partial charge is 0.483 e. The number of carboxylic acid groups (broad SMARTS) is 1. The number of furan rings is 1. The molecule has 0 bridgehead atoms. The molecule has 0 spiro atoms. The highest BCUT2D eigenvalue weighted by atomic mass is 16.3. The zero-order valence-corrected chi connectivity index (χ0v) is 16.5.